The van der Waals surface area contributed by atoms with Gasteiger partial charge in [-0.3, -0.25) is 4.79 Å². The number of fused-ring (bicyclic) bond motifs is 1. The first-order valence-electron chi connectivity index (χ1n) is 12.4. The van der Waals surface area contributed by atoms with Crippen LogP contribution in [0, 0.1) is 0 Å². The number of rotatable bonds is 8. The molecule has 1 aliphatic rings. The number of nitrogens with zero attached hydrogens (tertiary/aromatic N) is 3. The zero-order chi connectivity index (χ0) is 29.3. The van der Waals surface area contributed by atoms with Gasteiger partial charge in [-0.25, -0.2) is 4.68 Å². The fraction of sp³-hybridized carbons (Fsp3) is 0.207. The van der Waals surface area contributed by atoms with Gasteiger partial charge in [0.2, 0.25) is 11.7 Å². The minimum Gasteiger partial charge on any atom is -0.495 e. The number of halogens is 2. The van der Waals surface area contributed by atoms with Crippen LogP contribution in [0.1, 0.15) is 18.5 Å². The van der Waals surface area contributed by atoms with Gasteiger partial charge in [0, 0.05) is 16.3 Å². The number of hydrogen-bond acceptors (Lipinski definition) is 8. The van der Waals surface area contributed by atoms with Crippen LogP contribution in [0.15, 0.2) is 65.9 Å². The van der Waals surface area contributed by atoms with Crippen molar-refractivity contribution in [1.82, 2.24) is 14.8 Å². The quantitative estimate of drug-likeness (QED) is 0.247. The summed E-state index contributed by atoms with van der Waals surface area (Å²) in [6, 6.07) is 15.1. The fourth-order valence-corrected chi connectivity index (χ4v) is 5.23. The van der Waals surface area contributed by atoms with E-state index in [1.54, 1.807) is 61.2 Å². The van der Waals surface area contributed by atoms with E-state index in [0.29, 0.717) is 72.9 Å². The van der Waals surface area contributed by atoms with Gasteiger partial charge in [0.1, 0.15) is 11.8 Å². The van der Waals surface area contributed by atoms with E-state index in [1.165, 1.54) is 21.3 Å². The molecule has 212 valence electrons. The van der Waals surface area contributed by atoms with E-state index in [9.17, 15) is 4.79 Å². The van der Waals surface area contributed by atoms with Gasteiger partial charge < -0.3 is 29.6 Å². The molecule has 1 atom stereocenters. The normalized spacial score (nSPS) is 14.2. The molecule has 12 heteroatoms. The second-order valence-corrected chi connectivity index (χ2v) is 9.85. The Labute approximate surface area is 246 Å². The lowest BCUT2D eigenvalue weighted by Gasteiger charge is -2.29. The third-order valence-corrected chi connectivity index (χ3v) is 7.18. The lowest BCUT2D eigenvalue weighted by Crippen LogP contribution is -2.31. The standard InChI is InChI=1S/C29H27Cl2N5O5/c1-15-24(28(37)33-20-8-6-7-9-21(20)38-2)25(16-12-22(39-3)26(41-5)23(13-16)40-4)36-29(32-15)34-27(35-36)18-11-10-17(30)14-19(18)31/h6-14,25H,1-5H3,(H,33,37)(H,32,34,35). The molecule has 0 bridgehead atoms. The van der Waals surface area contributed by atoms with Crippen LogP contribution in [0.25, 0.3) is 11.4 Å². The number of benzene rings is 3. The maximum absolute atomic E-state index is 14.0. The highest BCUT2D eigenvalue weighted by atomic mass is 35.5. The van der Waals surface area contributed by atoms with Gasteiger partial charge in [0.05, 0.1) is 44.7 Å². The Morgan fingerprint density at radius 3 is 2.24 bits per heavy atom. The van der Waals surface area contributed by atoms with Gasteiger partial charge in [-0.1, -0.05) is 35.3 Å². The molecule has 0 aliphatic carbocycles. The number of methoxy groups -OCH3 is 4. The van der Waals surface area contributed by atoms with Gasteiger partial charge in [0.15, 0.2) is 17.3 Å². The number of hydrogen-bond donors (Lipinski definition) is 2. The maximum Gasteiger partial charge on any atom is 0.255 e. The molecule has 5 rings (SSSR count). The smallest absolute Gasteiger partial charge is 0.255 e. The summed E-state index contributed by atoms with van der Waals surface area (Å²) in [4.78, 5) is 18.7. The van der Waals surface area contributed by atoms with Crippen molar-refractivity contribution in [2.45, 2.75) is 13.0 Å². The lowest BCUT2D eigenvalue weighted by atomic mass is 9.94. The highest BCUT2D eigenvalue weighted by molar-refractivity contribution is 6.36. The van der Waals surface area contributed by atoms with E-state index in [4.69, 9.17) is 52.2 Å². The lowest BCUT2D eigenvalue weighted by molar-refractivity contribution is -0.113. The molecular weight excluding hydrogens is 569 g/mol. The Balaban J connectivity index is 1.69. The van der Waals surface area contributed by atoms with Crippen molar-refractivity contribution >= 4 is 40.7 Å². The molecule has 0 radical (unpaired) electrons. The van der Waals surface area contributed by atoms with Crippen molar-refractivity contribution < 1.29 is 23.7 Å². The van der Waals surface area contributed by atoms with Gasteiger partial charge >= 0.3 is 0 Å². The monoisotopic (exact) mass is 595 g/mol. The summed E-state index contributed by atoms with van der Waals surface area (Å²) < 4.78 is 23.8. The van der Waals surface area contributed by atoms with Crippen LogP contribution < -0.4 is 29.6 Å². The highest BCUT2D eigenvalue weighted by Gasteiger charge is 2.36. The van der Waals surface area contributed by atoms with Crippen molar-refractivity contribution in [2.75, 3.05) is 39.1 Å². The Morgan fingerprint density at radius 2 is 1.61 bits per heavy atom. The average molecular weight is 596 g/mol. The molecule has 4 aromatic rings. The number of ether oxygens (including phenoxy) is 4. The Morgan fingerprint density at radius 1 is 0.927 bits per heavy atom. The fourth-order valence-electron chi connectivity index (χ4n) is 4.74. The Kier molecular flexibility index (Phi) is 7.96. The molecular formula is C29H27Cl2N5O5. The number of allylic oxidation sites excluding steroid dienone is 1. The van der Waals surface area contributed by atoms with Crippen molar-refractivity contribution in [1.29, 1.82) is 0 Å². The molecule has 41 heavy (non-hydrogen) atoms. The molecule has 0 saturated carbocycles. The Hall–Kier alpha value is -4.41. The van der Waals surface area contributed by atoms with E-state index in [-0.39, 0.29) is 5.91 Å². The van der Waals surface area contributed by atoms with Crippen molar-refractivity contribution in [3.8, 4) is 34.4 Å². The molecule has 3 aromatic carbocycles. The van der Waals surface area contributed by atoms with Crippen LogP contribution in [0.2, 0.25) is 10.0 Å². The summed E-state index contributed by atoms with van der Waals surface area (Å²) in [5, 5.41) is 11.9. The number of para-hydroxylation sites is 2. The highest BCUT2D eigenvalue weighted by Crippen LogP contribution is 2.44. The molecule has 0 fully saturated rings. The number of aromatic nitrogens is 3. The molecule has 1 aromatic heterocycles. The third kappa shape index (κ3) is 5.23. The third-order valence-electron chi connectivity index (χ3n) is 6.63. The summed E-state index contributed by atoms with van der Waals surface area (Å²) in [6.07, 6.45) is 0. The minimum absolute atomic E-state index is 0.353. The van der Waals surface area contributed by atoms with Gasteiger partial charge in [0.25, 0.3) is 5.91 Å². The van der Waals surface area contributed by atoms with Crippen LogP contribution in [0.5, 0.6) is 23.0 Å². The molecule has 1 unspecified atom stereocenters. The molecule has 0 spiro atoms. The molecule has 1 aliphatic heterocycles. The van der Waals surface area contributed by atoms with Gasteiger partial charge in [-0.15, -0.1) is 5.10 Å². The first-order chi connectivity index (χ1) is 19.8. The number of carbonyl (C=O) groups excluding carboxylic acids is 1. The zero-order valence-corrected chi connectivity index (χ0v) is 24.4. The average Bonchev–Trinajstić information content (AvgIpc) is 3.38. The zero-order valence-electron chi connectivity index (χ0n) is 22.9. The predicted molar refractivity (Wildman–Crippen MR) is 158 cm³/mol. The molecule has 10 nitrogen and oxygen atoms in total. The first kappa shape index (κ1) is 28.1. The van der Waals surface area contributed by atoms with Crippen molar-refractivity contribution in [2.24, 2.45) is 0 Å². The van der Waals surface area contributed by atoms with E-state index in [0.717, 1.165) is 0 Å². The predicted octanol–water partition coefficient (Wildman–Crippen LogP) is 6.21. The summed E-state index contributed by atoms with van der Waals surface area (Å²) in [7, 11) is 6.13. The second kappa shape index (κ2) is 11.6. The maximum atomic E-state index is 14.0. The van der Waals surface area contributed by atoms with Crippen LogP contribution >= 0.6 is 23.2 Å². The van der Waals surface area contributed by atoms with Crippen LogP contribution in [0.3, 0.4) is 0 Å². The molecule has 2 N–H and O–H groups in total. The number of amides is 1. The SMILES string of the molecule is COc1ccccc1NC(=O)C1=C(C)Nc2nc(-c3ccc(Cl)cc3Cl)nn2C1c1cc(OC)c(OC)c(OC)c1. The molecule has 0 saturated heterocycles. The number of nitrogens with one attached hydrogen (secondary N) is 2. The topological polar surface area (TPSA) is 109 Å². The van der Waals surface area contributed by atoms with Crippen LogP contribution in [-0.2, 0) is 4.79 Å². The van der Waals surface area contributed by atoms with Gasteiger partial charge in [-0.2, -0.15) is 4.98 Å². The number of anilines is 2. The van der Waals surface area contributed by atoms with Crippen LogP contribution in [0.4, 0.5) is 11.6 Å². The molecule has 1 amide bonds. The van der Waals surface area contributed by atoms with E-state index in [2.05, 4.69) is 10.6 Å². The molecule has 2 heterocycles. The van der Waals surface area contributed by atoms with Crippen LogP contribution in [-0.4, -0.2) is 49.1 Å². The summed E-state index contributed by atoms with van der Waals surface area (Å²) >= 11 is 12.6. The van der Waals surface area contributed by atoms with Gasteiger partial charge in [-0.05, 0) is 55.0 Å². The largest absolute Gasteiger partial charge is 0.495 e. The number of carbonyl (C=O) groups is 1. The summed E-state index contributed by atoms with van der Waals surface area (Å²) in [6.45, 7) is 1.80. The Bertz CT molecular complexity index is 1640. The summed E-state index contributed by atoms with van der Waals surface area (Å²) in [5.74, 6) is 2.18. The second-order valence-electron chi connectivity index (χ2n) is 9.01. The van der Waals surface area contributed by atoms with Crippen molar-refractivity contribution in [3.05, 3.63) is 81.5 Å². The minimum atomic E-state index is -0.748. The summed E-state index contributed by atoms with van der Waals surface area (Å²) in [5.41, 5.74) is 2.70. The van der Waals surface area contributed by atoms with E-state index < -0.39 is 6.04 Å². The van der Waals surface area contributed by atoms with E-state index >= 15 is 0 Å². The van der Waals surface area contributed by atoms with E-state index in [1.807, 2.05) is 12.1 Å². The first-order valence-corrected chi connectivity index (χ1v) is 13.2. The van der Waals surface area contributed by atoms with Crippen molar-refractivity contribution in [3.63, 3.8) is 0 Å².